The molecule has 1 heterocycles. The molecule has 0 bridgehead atoms. The van der Waals surface area contributed by atoms with Crippen LogP contribution in [0.4, 0.5) is 0 Å². The minimum atomic E-state index is -0.450. The zero-order valence-corrected chi connectivity index (χ0v) is 13.5. The van der Waals surface area contributed by atoms with Gasteiger partial charge in [-0.25, -0.2) is 0 Å². The molecule has 0 radical (unpaired) electrons. The highest BCUT2D eigenvalue weighted by Gasteiger charge is 2.49. The number of amides is 2. The molecule has 19 heavy (non-hydrogen) atoms. The molecule has 0 saturated carbocycles. The molecule has 4 heteroatoms. The molecule has 1 aliphatic heterocycles. The molecule has 0 aromatic carbocycles. The third kappa shape index (κ3) is 3.10. The zero-order valence-electron chi connectivity index (χ0n) is 13.5. The quantitative estimate of drug-likeness (QED) is 0.792. The second-order valence-corrected chi connectivity index (χ2v) is 7.88. The van der Waals surface area contributed by atoms with E-state index in [-0.39, 0.29) is 34.7 Å². The fourth-order valence-corrected chi connectivity index (χ4v) is 2.62. The van der Waals surface area contributed by atoms with Crippen LogP contribution in [-0.4, -0.2) is 34.3 Å². The van der Waals surface area contributed by atoms with Crippen LogP contribution in [0.3, 0.4) is 0 Å². The van der Waals surface area contributed by atoms with Crippen molar-refractivity contribution in [3.05, 3.63) is 0 Å². The van der Waals surface area contributed by atoms with Crippen LogP contribution in [0.15, 0.2) is 0 Å². The van der Waals surface area contributed by atoms with Crippen molar-refractivity contribution < 1.29 is 9.59 Å². The topological polar surface area (TPSA) is 49.4 Å². The number of rotatable bonds is 1. The van der Waals surface area contributed by atoms with Gasteiger partial charge in [-0.1, -0.05) is 34.6 Å². The molecule has 2 atom stereocenters. The minimum absolute atomic E-state index is 0.0262. The van der Waals surface area contributed by atoms with Crippen LogP contribution in [0.5, 0.6) is 0 Å². The van der Waals surface area contributed by atoms with Crippen LogP contribution in [0.1, 0.15) is 55.4 Å². The van der Waals surface area contributed by atoms with Crippen molar-refractivity contribution >= 4 is 11.8 Å². The van der Waals surface area contributed by atoms with Crippen LogP contribution in [0.25, 0.3) is 0 Å². The summed E-state index contributed by atoms with van der Waals surface area (Å²) in [6.45, 7) is 15.8. The predicted octanol–water partition coefficient (Wildman–Crippen LogP) is 2.18. The van der Waals surface area contributed by atoms with Gasteiger partial charge in [0.1, 0.15) is 12.1 Å². The lowest BCUT2D eigenvalue weighted by molar-refractivity contribution is -0.160. The summed E-state index contributed by atoms with van der Waals surface area (Å²) in [6.07, 6.45) is 0. The Morgan fingerprint density at radius 3 is 1.84 bits per heavy atom. The number of nitrogens with one attached hydrogen (secondary N) is 1. The smallest absolute Gasteiger partial charge is 0.246 e. The first-order chi connectivity index (χ1) is 8.37. The lowest BCUT2D eigenvalue weighted by Crippen LogP contribution is -2.71. The third-order valence-electron chi connectivity index (χ3n) is 3.54. The molecule has 0 aromatic heterocycles. The highest BCUT2D eigenvalue weighted by molar-refractivity contribution is 5.98. The van der Waals surface area contributed by atoms with Crippen molar-refractivity contribution in [1.29, 1.82) is 0 Å². The normalized spacial score (nSPS) is 25.8. The molecule has 0 spiro atoms. The summed E-state index contributed by atoms with van der Waals surface area (Å²) >= 11 is 0. The van der Waals surface area contributed by atoms with E-state index in [1.165, 1.54) is 0 Å². The van der Waals surface area contributed by atoms with Gasteiger partial charge in [0.15, 0.2) is 0 Å². The Morgan fingerprint density at radius 1 is 1.05 bits per heavy atom. The maximum absolute atomic E-state index is 12.8. The van der Waals surface area contributed by atoms with Gasteiger partial charge in [-0.15, -0.1) is 0 Å². The Kier molecular flexibility index (Phi) is 4.04. The number of piperazine rings is 1. The van der Waals surface area contributed by atoms with Crippen LogP contribution in [0.2, 0.25) is 0 Å². The summed E-state index contributed by atoms with van der Waals surface area (Å²) in [5.74, 6) is 0.0897. The molecular weight excluding hydrogens is 240 g/mol. The lowest BCUT2D eigenvalue weighted by atomic mass is 9.81. The van der Waals surface area contributed by atoms with Crippen molar-refractivity contribution in [2.24, 2.45) is 11.3 Å². The molecule has 1 aliphatic rings. The second-order valence-electron chi connectivity index (χ2n) is 7.88. The lowest BCUT2D eigenvalue weighted by Gasteiger charge is -2.50. The van der Waals surface area contributed by atoms with Gasteiger partial charge in [0, 0.05) is 5.54 Å². The molecule has 2 unspecified atom stereocenters. The largest absolute Gasteiger partial charge is 0.342 e. The summed E-state index contributed by atoms with van der Waals surface area (Å²) in [7, 11) is 0. The fraction of sp³-hybridized carbons (Fsp3) is 0.867. The second kappa shape index (κ2) is 4.80. The molecule has 1 saturated heterocycles. The van der Waals surface area contributed by atoms with E-state index in [1.807, 2.05) is 55.4 Å². The molecule has 110 valence electrons. The molecule has 0 aromatic rings. The van der Waals surface area contributed by atoms with Crippen LogP contribution >= 0.6 is 0 Å². The standard InChI is InChI=1S/C15H28N2O2/c1-9(2)10-12(18)16-11(14(3,4)5)13(19)17(10)15(6,7)8/h9-11H,1-8H3,(H,16,18). The number of carbonyl (C=O) groups excluding carboxylic acids is 2. The first-order valence-corrected chi connectivity index (χ1v) is 7.01. The van der Waals surface area contributed by atoms with Gasteiger partial charge in [-0.3, -0.25) is 9.59 Å². The van der Waals surface area contributed by atoms with E-state index in [0.717, 1.165) is 0 Å². The van der Waals surface area contributed by atoms with Gasteiger partial charge >= 0.3 is 0 Å². The highest BCUT2D eigenvalue weighted by atomic mass is 16.2. The van der Waals surface area contributed by atoms with Crippen molar-refractivity contribution in [2.75, 3.05) is 0 Å². The number of hydrogen-bond donors (Lipinski definition) is 1. The average Bonchev–Trinajstić information content (AvgIpc) is 2.16. The van der Waals surface area contributed by atoms with Gasteiger partial charge in [-0.05, 0) is 32.1 Å². The van der Waals surface area contributed by atoms with E-state index in [9.17, 15) is 9.59 Å². The fourth-order valence-electron chi connectivity index (χ4n) is 2.62. The summed E-state index contributed by atoms with van der Waals surface area (Å²) in [6, 6.07) is -0.833. The van der Waals surface area contributed by atoms with Gasteiger partial charge in [0.2, 0.25) is 11.8 Å². The van der Waals surface area contributed by atoms with Gasteiger partial charge in [0.25, 0.3) is 0 Å². The van der Waals surface area contributed by atoms with Gasteiger partial charge < -0.3 is 10.2 Å². The average molecular weight is 268 g/mol. The molecule has 0 aliphatic carbocycles. The van der Waals surface area contributed by atoms with Gasteiger partial charge in [0.05, 0.1) is 0 Å². The Balaban J connectivity index is 3.25. The summed E-state index contributed by atoms with van der Waals surface area (Å²) < 4.78 is 0. The van der Waals surface area contributed by atoms with Crippen LogP contribution < -0.4 is 5.32 Å². The molecule has 2 amide bonds. The van der Waals surface area contributed by atoms with Crippen molar-refractivity contribution in [3.8, 4) is 0 Å². The van der Waals surface area contributed by atoms with E-state index in [1.54, 1.807) is 4.90 Å². The minimum Gasteiger partial charge on any atom is -0.342 e. The Bertz CT molecular complexity index is 375. The summed E-state index contributed by atoms with van der Waals surface area (Å²) in [5, 5.41) is 2.91. The van der Waals surface area contributed by atoms with Crippen molar-refractivity contribution in [2.45, 2.75) is 73.0 Å². The van der Waals surface area contributed by atoms with Gasteiger partial charge in [-0.2, -0.15) is 0 Å². The SMILES string of the molecule is CC(C)C1C(=O)NC(C(C)(C)C)C(=O)N1C(C)(C)C. The first-order valence-electron chi connectivity index (χ1n) is 7.01. The molecule has 4 nitrogen and oxygen atoms in total. The maximum atomic E-state index is 12.8. The van der Waals surface area contributed by atoms with Crippen molar-refractivity contribution in [3.63, 3.8) is 0 Å². The maximum Gasteiger partial charge on any atom is 0.246 e. The highest BCUT2D eigenvalue weighted by Crippen LogP contribution is 2.31. The van der Waals surface area contributed by atoms with Crippen molar-refractivity contribution in [1.82, 2.24) is 10.2 Å². The zero-order chi connectivity index (χ0) is 15.2. The molecule has 1 N–H and O–H groups in total. The number of nitrogens with zero attached hydrogens (tertiary/aromatic N) is 1. The monoisotopic (exact) mass is 268 g/mol. The van der Waals surface area contributed by atoms with Crippen LogP contribution in [0, 0.1) is 11.3 Å². The van der Waals surface area contributed by atoms with E-state index in [0.29, 0.717) is 0 Å². The molecule has 1 rings (SSSR count). The summed E-state index contributed by atoms with van der Waals surface area (Å²) in [4.78, 5) is 27.0. The predicted molar refractivity (Wildman–Crippen MR) is 76.6 cm³/mol. The van der Waals surface area contributed by atoms with E-state index < -0.39 is 6.04 Å². The molecule has 1 fully saturated rings. The third-order valence-corrected chi connectivity index (χ3v) is 3.54. The van der Waals surface area contributed by atoms with E-state index in [2.05, 4.69) is 5.32 Å². The Labute approximate surface area is 116 Å². The van der Waals surface area contributed by atoms with Crippen LogP contribution in [-0.2, 0) is 9.59 Å². The number of carbonyl (C=O) groups is 2. The Hall–Kier alpha value is -1.06. The number of hydrogen-bond acceptors (Lipinski definition) is 2. The van der Waals surface area contributed by atoms with E-state index in [4.69, 9.17) is 0 Å². The summed E-state index contributed by atoms with van der Waals surface area (Å²) in [5.41, 5.74) is -0.633. The molecular formula is C15H28N2O2. The van der Waals surface area contributed by atoms with E-state index >= 15 is 0 Å². The first kappa shape index (κ1) is 16.0. The Morgan fingerprint density at radius 2 is 1.53 bits per heavy atom.